The number of halogens is 1. The van der Waals surface area contributed by atoms with E-state index >= 15 is 0 Å². The predicted octanol–water partition coefficient (Wildman–Crippen LogP) is 1.62. The van der Waals surface area contributed by atoms with Gasteiger partial charge in [-0.1, -0.05) is 15.9 Å². The number of alkyl halides is 1. The van der Waals surface area contributed by atoms with E-state index in [0.29, 0.717) is 24.7 Å². The van der Waals surface area contributed by atoms with E-state index < -0.39 is 5.60 Å². The Morgan fingerprint density at radius 3 is 2.40 bits per heavy atom. The molecule has 4 nitrogen and oxygen atoms in total. The maximum atomic E-state index is 11.2. The van der Waals surface area contributed by atoms with E-state index in [1.165, 1.54) is 0 Å². The third kappa shape index (κ3) is 9.72. The highest BCUT2D eigenvalue weighted by Gasteiger charge is 2.15. The highest BCUT2D eigenvalue weighted by atomic mass is 79.9. The molecular weight excluding hydrogens is 262 g/mol. The number of carbonyl (C=O) groups excluding carboxylic acids is 2. The lowest BCUT2D eigenvalue weighted by molar-refractivity contribution is -0.155. The van der Waals surface area contributed by atoms with Crippen molar-refractivity contribution in [1.29, 1.82) is 0 Å². The Labute approximate surface area is 98.9 Å². The largest absolute Gasteiger partial charge is 0.460 e. The van der Waals surface area contributed by atoms with Crippen LogP contribution in [0.15, 0.2) is 0 Å². The third-order valence-corrected chi connectivity index (χ3v) is 1.93. The van der Waals surface area contributed by atoms with Gasteiger partial charge in [-0.3, -0.25) is 9.59 Å². The predicted molar refractivity (Wildman–Crippen MR) is 61.9 cm³/mol. The van der Waals surface area contributed by atoms with E-state index in [9.17, 15) is 9.59 Å². The number of ether oxygens (including phenoxy) is 1. The molecule has 0 aromatic rings. The summed E-state index contributed by atoms with van der Waals surface area (Å²) < 4.78 is 5.11. The molecule has 0 spiro atoms. The summed E-state index contributed by atoms with van der Waals surface area (Å²) in [7, 11) is 0. The summed E-state index contributed by atoms with van der Waals surface area (Å²) in [5, 5.41) is 2.95. The molecule has 0 rings (SSSR count). The van der Waals surface area contributed by atoms with Gasteiger partial charge in [0.25, 0.3) is 0 Å². The molecule has 0 unspecified atom stereocenters. The second-order valence-corrected chi connectivity index (χ2v) is 4.73. The molecule has 0 heterocycles. The van der Waals surface area contributed by atoms with Gasteiger partial charge in [0.1, 0.15) is 5.60 Å². The van der Waals surface area contributed by atoms with E-state index in [2.05, 4.69) is 21.2 Å². The van der Waals surface area contributed by atoms with E-state index in [-0.39, 0.29) is 11.9 Å². The molecule has 0 atom stereocenters. The van der Waals surface area contributed by atoms with Gasteiger partial charge in [-0.2, -0.15) is 0 Å². The van der Waals surface area contributed by atoms with Crippen LogP contribution in [0.2, 0.25) is 0 Å². The van der Waals surface area contributed by atoms with Gasteiger partial charge in [0.05, 0.1) is 5.33 Å². The lowest BCUT2D eigenvalue weighted by Crippen LogP contribution is -2.27. The summed E-state index contributed by atoms with van der Waals surface area (Å²) in [6, 6.07) is 0. The maximum absolute atomic E-state index is 11.2. The first-order valence-corrected chi connectivity index (χ1v) is 6.02. The Morgan fingerprint density at radius 2 is 1.93 bits per heavy atom. The maximum Gasteiger partial charge on any atom is 0.306 e. The van der Waals surface area contributed by atoms with Crippen LogP contribution in [0.25, 0.3) is 0 Å². The summed E-state index contributed by atoms with van der Waals surface area (Å²) in [5.74, 6) is -0.297. The van der Waals surface area contributed by atoms with Crippen molar-refractivity contribution in [2.45, 2.75) is 39.2 Å². The number of hydrogen-bond donors (Lipinski definition) is 1. The van der Waals surface area contributed by atoms with E-state index in [0.717, 1.165) is 0 Å². The van der Waals surface area contributed by atoms with Crippen molar-refractivity contribution in [1.82, 2.24) is 5.32 Å². The fourth-order valence-corrected chi connectivity index (χ4v) is 1.10. The van der Waals surface area contributed by atoms with Gasteiger partial charge < -0.3 is 10.1 Å². The van der Waals surface area contributed by atoms with Gasteiger partial charge in [0, 0.05) is 13.0 Å². The highest BCUT2D eigenvalue weighted by molar-refractivity contribution is 9.09. The molecule has 0 fully saturated rings. The number of nitrogens with one attached hydrogen (secondary N) is 1. The van der Waals surface area contributed by atoms with Crippen LogP contribution in [0.3, 0.4) is 0 Å². The Morgan fingerprint density at radius 1 is 1.33 bits per heavy atom. The minimum atomic E-state index is -0.434. The minimum absolute atomic E-state index is 0.0702. The van der Waals surface area contributed by atoms with Gasteiger partial charge in [-0.25, -0.2) is 0 Å². The Hall–Kier alpha value is -0.580. The third-order valence-electron chi connectivity index (χ3n) is 1.42. The van der Waals surface area contributed by atoms with Crippen molar-refractivity contribution in [2.75, 3.05) is 11.9 Å². The summed E-state index contributed by atoms with van der Waals surface area (Å²) in [5.41, 5.74) is -0.434. The fourth-order valence-electron chi connectivity index (χ4n) is 0.900. The zero-order valence-electron chi connectivity index (χ0n) is 9.43. The zero-order chi connectivity index (χ0) is 11.9. The van der Waals surface area contributed by atoms with Crippen molar-refractivity contribution in [3.63, 3.8) is 0 Å². The average molecular weight is 280 g/mol. The smallest absolute Gasteiger partial charge is 0.306 e. The fraction of sp³-hybridized carbons (Fsp3) is 0.800. The van der Waals surface area contributed by atoms with Gasteiger partial charge in [-0.15, -0.1) is 0 Å². The minimum Gasteiger partial charge on any atom is -0.460 e. The molecule has 15 heavy (non-hydrogen) atoms. The Kier molecular flexibility index (Phi) is 6.56. The van der Waals surface area contributed by atoms with Gasteiger partial charge >= 0.3 is 5.97 Å². The molecule has 0 bridgehead atoms. The molecule has 0 aliphatic heterocycles. The van der Waals surface area contributed by atoms with Crippen LogP contribution in [-0.2, 0) is 14.3 Å². The van der Waals surface area contributed by atoms with Crippen molar-refractivity contribution in [2.24, 2.45) is 0 Å². The highest BCUT2D eigenvalue weighted by Crippen LogP contribution is 2.08. The molecule has 0 radical (unpaired) electrons. The summed E-state index contributed by atoms with van der Waals surface area (Å²) in [6.07, 6.45) is 0.938. The summed E-state index contributed by atoms with van der Waals surface area (Å²) in [6.45, 7) is 6.00. The van der Waals surface area contributed by atoms with Crippen LogP contribution < -0.4 is 5.32 Å². The van der Waals surface area contributed by atoms with Gasteiger partial charge in [0.2, 0.25) is 5.91 Å². The zero-order valence-corrected chi connectivity index (χ0v) is 11.0. The van der Waals surface area contributed by atoms with Crippen molar-refractivity contribution >= 4 is 27.8 Å². The second-order valence-electron chi connectivity index (χ2n) is 4.17. The monoisotopic (exact) mass is 279 g/mol. The number of amides is 1. The standard InChI is InChI=1S/C10H18BrNO3/c1-10(2,3)15-9(14)5-4-6-12-8(13)7-11/h4-7H2,1-3H3,(H,12,13). The topological polar surface area (TPSA) is 55.4 Å². The van der Waals surface area contributed by atoms with Crippen LogP contribution in [0.1, 0.15) is 33.6 Å². The molecule has 0 aromatic heterocycles. The van der Waals surface area contributed by atoms with Crippen LogP contribution in [-0.4, -0.2) is 29.4 Å². The molecule has 1 N–H and O–H groups in total. The lowest BCUT2D eigenvalue weighted by atomic mass is 10.2. The molecule has 5 heteroatoms. The van der Waals surface area contributed by atoms with Crippen LogP contribution in [0.5, 0.6) is 0 Å². The SMILES string of the molecule is CC(C)(C)OC(=O)CCCNC(=O)CBr. The van der Waals surface area contributed by atoms with Gasteiger partial charge in [-0.05, 0) is 27.2 Å². The average Bonchev–Trinajstić information content (AvgIpc) is 2.09. The molecular formula is C10H18BrNO3. The second kappa shape index (κ2) is 6.82. The molecule has 0 saturated carbocycles. The van der Waals surface area contributed by atoms with E-state index in [1.807, 2.05) is 20.8 Å². The van der Waals surface area contributed by atoms with Gasteiger partial charge in [0.15, 0.2) is 0 Å². The molecule has 0 aromatic carbocycles. The first-order chi connectivity index (χ1) is 6.85. The Balaban J connectivity index is 3.52. The van der Waals surface area contributed by atoms with E-state index in [4.69, 9.17) is 4.74 Å². The molecule has 1 amide bonds. The van der Waals surface area contributed by atoms with E-state index in [1.54, 1.807) is 0 Å². The van der Waals surface area contributed by atoms with Crippen molar-refractivity contribution in [3.8, 4) is 0 Å². The van der Waals surface area contributed by atoms with Crippen LogP contribution in [0.4, 0.5) is 0 Å². The van der Waals surface area contributed by atoms with Crippen molar-refractivity contribution < 1.29 is 14.3 Å². The molecule has 0 aliphatic carbocycles. The lowest BCUT2D eigenvalue weighted by Gasteiger charge is -2.19. The first kappa shape index (κ1) is 14.4. The normalized spacial score (nSPS) is 10.9. The number of esters is 1. The number of carbonyl (C=O) groups is 2. The van der Waals surface area contributed by atoms with Crippen molar-refractivity contribution in [3.05, 3.63) is 0 Å². The Bertz CT molecular complexity index is 223. The molecule has 0 saturated heterocycles. The number of hydrogen-bond acceptors (Lipinski definition) is 3. The van der Waals surface area contributed by atoms with Crippen LogP contribution >= 0.6 is 15.9 Å². The number of rotatable bonds is 5. The molecule has 88 valence electrons. The quantitative estimate of drug-likeness (QED) is 0.473. The summed E-state index contributed by atoms with van der Waals surface area (Å²) >= 11 is 3.03. The first-order valence-electron chi connectivity index (χ1n) is 4.89. The molecule has 0 aliphatic rings. The van der Waals surface area contributed by atoms with Crippen LogP contribution in [0, 0.1) is 0 Å². The summed E-state index contributed by atoms with van der Waals surface area (Å²) in [4.78, 5) is 22.0.